The number of hydrogen-bond donors (Lipinski definition) is 1. The summed E-state index contributed by atoms with van der Waals surface area (Å²) in [6.07, 6.45) is 3.87. The first-order chi connectivity index (χ1) is 8.50. The van der Waals surface area contributed by atoms with Crippen LogP contribution in [0.3, 0.4) is 0 Å². The highest BCUT2D eigenvalue weighted by Crippen LogP contribution is 2.38. The van der Waals surface area contributed by atoms with Crippen molar-refractivity contribution in [2.75, 3.05) is 0 Å². The first-order valence-electron chi connectivity index (χ1n) is 6.32. The second kappa shape index (κ2) is 5.36. The highest BCUT2D eigenvalue weighted by atomic mass is 32.2. The Morgan fingerprint density at radius 1 is 1.50 bits per heavy atom. The molecule has 18 heavy (non-hydrogen) atoms. The van der Waals surface area contributed by atoms with Crippen LogP contribution in [0.2, 0.25) is 0 Å². The van der Waals surface area contributed by atoms with Crippen LogP contribution in [-0.4, -0.2) is 24.6 Å². The largest absolute Gasteiger partial charge is 0.339 e. The zero-order chi connectivity index (χ0) is 13.2. The van der Waals surface area contributed by atoms with Gasteiger partial charge in [-0.05, 0) is 26.2 Å². The van der Waals surface area contributed by atoms with Gasteiger partial charge < -0.3 is 4.52 Å². The van der Waals surface area contributed by atoms with E-state index in [1.165, 1.54) is 0 Å². The van der Waals surface area contributed by atoms with Gasteiger partial charge in [-0.2, -0.15) is 4.98 Å². The first-order valence-corrected chi connectivity index (χ1v) is 7.98. The highest BCUT2D eigenvalue weighted by Gasteiger charge is 2.30. The maximum Gasteiger partial charge on any atom is 0.229 e. The SMILES string of the molecule is CCC[C@H](C)NS(=O)(=O)Cc1noc(C2CC2)n1. The van der Waals surface area contributed by atoms with E-state index in [4.69, 9.17) is 4.52 Å². The van der Waals surface area contributed by atoms with Crippen molar-refractivity contribution in [3.05, 3.63) is 11.7 Å². The van der Waals surface area contributed by atoms with Gasteiger partial charge in [0.25, 0.3) is 0 Å². The van der Waals surface area contributed by atoms with Crippen LogP contribution in [0.5, 0.6) is 0 Å². The van der Waals surface area contributed by atoms with Gasteiger partial charge in [-0.25, -0.2) is 13.1 Å². The predicted molar refractivity (Wildman–Crippen MR) is 66.4 cm³/mol. The molecule has 1 aliphatic carbocycles. The normalized spacial score (nSPS) is 17.9. The van der Waals surface area contributed by atoms with Gasteiger partial charge in [0, 0.05) is 12.0 Å². The van der Waals surface area contributed by atoms with Crippen molar-refractivity contribution in [2.24, 2.45) is 0 Å². The average molecular weight is 273 g/mol. The molecule has 1 heterocycles. The van der Waals surface area contributed by atoms with E-state index in [1.807, 2.05) is 13.8 Å². The predicted octanol–water partition coefficient (Wildman–Crippen LogP) is 1.55. The molecule has 0 spiro atoms. The van der Waals surface area contributed by atoms with Crippen molar-refractivity contribution in [3.8, 4) is 0 Å². The number of hydrogen-bond acceptors (Lipinski definition) is 5. The molecule has 6 nitrogen and oxygen atoms in total. The van der Waals surface area contributed by atoms with Gasteiger partial charge in [0.05, 0.1) is 0 Å². The van der Waals surface area contributed by atoms with Crippen molar-refractivity contribution in [2.45, 2.75) is 57.2 Å². The van der Waals surface area contributed by atoms with Crippen molar-refractivity contribution in [1.29, 1.82) is 0 Å². The van der Waals surface area contributed by atoms with E-state index in [2.05, 4.69) is 14.9 Å². The third kappa shape index (κ3) is 3.78. The Labute approximate surface area is 107 Å². The third-order valence-electron chi connectivity index (χ3n) is 2.83. The number of rotatable bonds is 7. The molecule has 0 amide bonds. The fraction of sp³-hybridized carbons (Fsp3) is 0.818. The van der Waals surface area contributed by atoms with Crippen molar-refractivity contribution in [1.82, 2.24) is 14.9 Å². The van der Waals surface area contributed by atoms with Crippen LogP contribution in [0.15, 0.2) is 4.52 Å². The summed E-state index contributed by atoms with van der Waals surface area (Å²) in [4.78, 5) is 4.11. The summed E-state index contributed by atoms with van der Waals surface area (Å²) in [7, 11) is -3.38. The molecule has 0 radical (unpaired) electrons. The summed E-state index contributed by atoms with van der Waals surface area (Å²) in [5.41, 5.74) is 0. The monoisotopic (exact) mass is 273 g/mol. The van der Waals surface area contributed by atoms with Crippen LogP contribution < -0.4 is 4.72 Å². The Morgan fingerprint density at radius 2 is 2.22 bits per heavy atom. The molecule has 1 N–H and O–H groups in total. The number of aromatic nitrogens is 2. The van der Waals surface area contributed by atoms with Crippen LogP contribution in [0.4, 0.5) is 0 Å². The quantitative estimate of drug-likeness (QED) is 0.814. The summed E-state index contributed by atoms with van der Waals surface area (Å²) in [5, 5.41) is 3.71. The minimum atomic E-state index is -3.38. The van der Waals surface area contributed by atoms with Crippen LogP contribution in [-0.2, 0) is 15.8 Å². The van der Waals surface area contributed by atoms with E-state index < -0.39 is 10.0 Å². The van der Waals surface area contributed by atoms with Crippen LogP contribution in [0, 0.1) is 0 Å². The van der Waals surface area contributed by atoms with E-state index in [9.17, 15) is 8.42 Å². The van der Waals surface area contributed by atoms with Gasteiger partial charge in [-0.1, -0.05) is 18.5 Å². The smallest absolute Gasteiger partial charge is 0.229 e. The lowest BCUT2D eigenvalue weighted by molar-refractivity contribution is 0.375. The Balaban J connectivity index is 1.93. The van der Waals surface area contributed by atoms with Gasteiger partial charge in [-0.15, -0.1) is 0 Å². The van der Waals surface area contributed by atoms with Crippen molar-refractivity contribution < 1.29 is 12.9 Å². The minimum Gasteiger partial charge on any atom is -0.339 e. The molecular weight excluding hydrogens is 254 g/mol. The highest BCUT2D eigenvalue weighted by molar-refractivity contribution is 7.88. The van der Waals surface area contributed by atoms with Crippen LogP contribution >= 0.6 is 0 Å². The maximum absolute atomic E-state index is 11.8. The molecule has 1 aromatic heterocycles. The van der Waals surface area contributed by atoms with Crippen molar-refractivity contribution in [3.63, 3.8) is 0 Å². The molecule has 102 valence electrons. The molecule has 0 aromatic carbocycles. The second-order valence-corrected chi connectivity index (χ2v) is 6.64. The van der Waals surface area contributed by atoms with E-state index in [0.29, 0.717) is 11.8 Å². The molecule has 0 unspecified atom stereocenters. The molecule has 7 heteroatoms. The molecule has 1 fully saturated rings. The van der Waals surface area contributed by atoms with Crippen LogP contribution in [0.1, 0.15) is 57.2 Å². The lowest BCUT2D eigenvalue weighted by Gasteiger charge is -2.11. The summed E-state index contributed by atoms with van der Waals surface area (Å²) >= 11 is 0. The van der Waals surface area contributed by atoms with E-state index in [1.54, 1.807) is 0 Å². The summed E-state index contributed by atoms with van der Waals surface area (Å²) in [6, 6.07) is -0.0604. The molecule has 0 bridgehead atoms. The topological polar surface area (TPSA) is 85.1 Å². The Bertz CT molecular complexity index is 493. The van der Waals surface area contributed by atoms with E-state index in [-0.39, 0.29) is 17.6 Å². The lowest BCUT2D eigenvalue weighted by Crippen LogP contribution is -2.33. The first kappa shape index (κ1) is 13.5. The second-order valence-electron chi connectivity index (χ2n) is 4.89. The summed E-state index contributed by atoms with van der Waals surface area (Å²) in [6.45, 7) is 3.87. The Morgan fingerprint density at radius 3 is 2.83 bits per heavy atom. The molecule has 1 atom stereocenters. The van der Waals surface area contributed by atoms with Crippen LogP contribution in [0.25, 0.3) is 0 Å². The summed E-state index contributed by atoms with van der Waals surface area (Å²) in [5.74, 6) is 0.952. The number of sulfonamides is 1. The van der Waals surface area contributed by atoms with Gasteiger partial charge in [-0.3, -0.25) is 0 Å². The van der Waals surface area contributed by atoms with Gasteiger partial charge in [0.2, 0.25) is 15.9 Å². The fourth-order valence-corrected chi connectivity index (χ4v) is 3.10. The number of nitrogens with zero attached hydrogens (tertiary/aromatic N) is 2. The molecule has 1 aliphatic rings. The Kier molecular flexibility index (Phi) is 4.01. The molecule has 1 aromatic rings. The van der Waals surface area contributed by atoms with E-state index >= 15 is 0 Å². The minimum absolute atomic E-state index is 0.0604. The van der Waals surface area contributed by atoms with Crippen molar-refractivity contribution >= 4 is 10.0 Å². The van der Waals surface area contributed by atoms with Gasteiger partial charge in [0.15, 0.2) is 5.82 Å². The summed E-state index contributed by atoms with van der Waals surface area (Å²) < 4.78 is 31.3. The van der Waals surface area contributed by atoms with E-state index in [0.717, 1.165) is 25.7 Å². The maximum atomic E-state index is 11.8. The standard InChI is InChI=1S/C11H19N3O3S/c1-3-4-8(2)14-18(15,16)7-10-12-11(17-13-10)9-5-6-9/h8-9,14H,3-7H2,1-2H3/t8-/m0/s1. The third-order valence-corrected chi connectivity index (χ3v) is 4.23. The zero-order valence-corrected chi connectivity index (χ0v) is 11.5. The molecule has 2 rings (SSSR count). The average Bonchev–Trinajstić information content (AvgIpc) is 3.00. The number of nitrogens with one attached hydrogen (secondary N) is 1. The molecule has 0 aliphatic heterocycles. The van der Waals surface area contributed by atoms with Gasteiger partial charge in [0.1, 0.15) is 5.75 Å². The lowest BCUT2D eigenvalue weighted by atomic mass is 10.2. The zero-order valence-electron chi connectivity index (χ0n) is 10.7. The fourth-order valence-electron chi connectivity index (χ4n) is 1.83. The Hall–Kier alpha value is -0.950. The van der Waals surface area contributed by atoms with Gasteiger partial charge >= 0.3 is 0 Å². The molecule has 1 saturated carbocycles. The molecular formula is C11H19N3O3S. The molecule has 0 saturated heterocycles.